The van der Waals surface area contributed by atoms with Gasteiger partial charge in [0.05, 0.1) is 0 Å². The van der Waals surface area contributed by atoms with Crippen molar-refractivity contribution in [1.29, 1.82) is 0 Å². The highest BCUT2D eigenvalue weighted by Crippen LogP contribution is 2.28. The van der Waals surface area contributed by atoms with Gasteiger partial charge in [0.25, 0.3) is 0 Å². The fraction of sp³-hybridized carbons (Fsp3) is 1.00. The summed E-state index contributed by atoms with van der Waals surface area (Å²) in [5.74, 6) is 0.893. The summed E-state index contributed by atoms with van der Waals surface area (Å²) in [5.41, 5.74) is 0. The van der Waals surface area contributed by atoms with E-state index >= 15 is 0 Å². The fourth-order valence-electron chi connectivity index (χ4n) is 3.26. The van der Waals surface area contributed by atoms with Crippen LogP contribution in [0.2, 0.25) is 0 Å². The third-order valence-corrected chi connectivity index (χ3v) is 4.69. The number of hydrogen-bond donors (Lipinski definition) is 1. The van der Waals surface area contributed by atoms with Crippen LogP contribution in [0.15, 0.2) is 0 Å². The molecular formula is C16H34N2. The normalized spacial score (nSPS) is 26.5. The van der Waals surface area contributed by atoms with E-state index in [0.29, 0.717) is 0 Å². The van der Waals surface area contributed by atoms with Gasteiger partial charge in [0, 0.05) is 12.1 Å². The molecule has 1 rings (SSSR count). The van der Waals surface area contributed by atoms with Gasteiger partial charge in [-0.2, -0.15) is 0 Å². The van der Waals surface area contributed by atoms with Crippen LogP contribution in [0.4, 0.5) is 0 Å². The third kappa shape index (κ3) is 5.27. The molecular weight excluding hydrogens is 220 g/mol. The van der Waals surface area contributed by atoms with E-state index in [1.807, 2.05) is 0 Å². The van der Waals surface area contributed by atoms with Gasteiger partial charge in [0.15, 0.2) is 0 Å². The first-order chi connectivity index (χ1) is 8.66. The van der Waals surface area contributed by atoms with Gasteiger partial charge < -0.3 is 10.2 Å². The maximum absolute atomic E-state index is 3.50. The van der Waals surface area contributed by atoms with Crippen LogP contribution in [0.5, 0.6) is 0 Å². The summed E-state index contributed by atoms with van der Waals surface area (Å²) in [4.78, 5) is 2.66. The maximum atomic E-state index is 3.50. The van der Waals surface area contributed by atoms with E-state index in [9.17, 15) is 0 Å². The molecule has 0 aromatic heterocycles. The predicted molar refractivity (Wildman–Crippen MR) is 81.0 cm³/mol. The zero-order valence-electron chi connectivity index (χ0n) is 13.0. The molecule has 1 aliphatic carbocycles. The first kappa shape index (κ1) is 16.0. The molecule has 2 nitrogen and oxygen atoms in total. The molecule has 0 bridgehead atoms. The lowest BCUT2D eigenvalue weighted by atomic mass is 9.84. The average molecular weight is 254 g/mol. The minimum Gasteiger partial charge on any atom is -0.317 e. The van der Waals surface area contributed by atoms with Crippen LogP contribution >= 0.6 is 0 Å². The lowest BCUT2D eigenvalue weighted by Gasteiger charge is -2.39. The van der Waals surface area contributed by atoms with Crippen LogP contribution in [0, 0.1) is 5.92 Å². The van der Waals surface area contributed by atoms with Crippen molar-refractivity contribution < 1.29 is 0 Å². The minimum absolute atomic E-state index is 0.735. The Morgan fingerprint density at radius 3 is 2.61 bits per heavy atom. The Bertz CT molecular complexity index is 205. The predicted octanol–water partition coefficient (Wildman–Crippen LogP) is 3.67. The molecule has 0 aromatic rings. The zero-order chi connectivity index (χ0) is 13.4. The molecule has 1 N–H and O–H groups in total. The van der Waals surface area contributed by atoms with Crippen molar-refractivity contribution in [1.82, 2.24) is 10.2 Å². The fourth-order valence-corrected chi connectivity index (χ4v) is 3.26. The number of hydrogen-bond acceptors (Lipinski definition) is 2. The highest BCUT2D eigenvalue weighted by Gasteiger charge is 2.27. The summed E-state index contributed by atoms with van der Waals surface area (Å²) >= 11 is 0. The van der Waals surface area contributed by atoms with Crippen LogP contribution in [-0.4, -0.2) is 37.1 Å². The SMILES string of the molecule is CCCNCCCC(C)N(C)C1CCCCC1C. The molecule has 3 atom stereocenters. The van der Waals surface area contributed by atoms with Gasteiger partial charge in [-0.05, 0) is 65.1 Å². The highest BCUT2D eigenvalue weighted by molar-refractivity contribution is 4.82. The van der Waals surface area contributed by atoms with Crippen LogP contribution < -0.4 is 5.32 Å². The first-order valence-electron chi connectivity index (χ1n) is 8.09. The molecule has 0 radical (unpaired) electrons. The van der Waals surface area contributed by atoms with E-state index in [-0.39, 0.29) is 0 Å². The van der Waals surface area contributed by atoms with Crippen molar-refractivity contribution >= 4 is 0 Å². The van der Waals surface area contributed by atoms with Crippen LogP contribution in [0.25, 0.3) is 0 Å². The molecule has 0 spiro atoms. The number of nitrogens with zero attached hydrogens (tertiary/aromatic N) is 1. The van der Waals surface area contributed by atoms with E-state index in [0.717, 1.165) is 18.0 Å². The van der Waals surface area contributed by atoms with Gasteiger partial charge in [0.1, 0.15) is 0 Å². The Morgan fingerprint density at radius 1 is 1.22 bits per heavy atom. The van der Waals surface area contributed by atoms with Crippen molar-refractivity contribution in [3.8, 4) is 0 Å². The van der Waals surface area contributed by atoms with E-state index in [2.05, 4.69) is 38.0 Å². The van der Waals surface area contributed by atoms with E-state index in [1.54, 1.807) is 0 Å². The third-order valence-electron chi connectivity index (χ3n) is 4.69. The molecule has 0 heterocycles. The first-order valence-corrected chi connectivity index (χ1v) is 8.09. The monoisotopic (exact) mass is 254 g/mol. The second-order valence-corrected chi connectivity index (χ2v) is 6.24. The summed E-state index contributed by atoms with van der Waals surface area (Å²) in [6.07, 6.45) is 9.61. The van der Waals surface area contributed by atoms with Crippen molar-refractivity contribution in [2.45, 2.75) is 77.8 Å². The van der Waals surface area contributed by atoms with Gasteiger partial charge in [-0.25, -0.2) is 0 Å². The lowest BCUT2D eigenvalue weighted by Crippen LogP contribution is -2.44. The largest absolute Gasteiger partial charge is 0.317 e. The zero-order valence-corrected chi connectivity index (χ0v) is 13.0. The van der Waals surface area contributed by atoms with Crippen LogP contribution in [0.1, 0.15) is 65.7 Å². The summed E-state index contributed by atoms with van der Waals surface area (Å²) in [6.45, 7) is 9.43. The van der Waals surface area contributed by atoms with Gasteiger partial charge in [-0.1, -0.05) is 26.7 Å². The summed E-state index contributed by atoms with van der Waals surface area (Å²) in [6, 6.07) is 1.57. The second-order valence-electron chi connectivity index (χ2n) is 6.24. The number of nitrogens with one attached hydrogen (secondary N) is 1. The van der Waals surface area contributed by atoms with Gasteiger partial charge in [0.2, 0.25) is 0 Å². The topological polar surface area (TPSA) is 15.3 Å². The highest BCUT2D eigenvalue weighted by atomic mass is 15.2. The minimum atomic E-state index is 0.735. The van der Waals surface area contributed by atoms with Gasteiger partial charge in [-0.3, -0.25) is 0 Å². The summed E-state index contributed by atoms with van der Waals surface area (Å²) < 4.78 is 0. The molecule has 108 valence electrons. The molecule has 1 aliphatic rings. The van der Waals surface area contributed by atoms with Crippen molar-refractivity contribution in [3.05, 3.63) is 0 Å². The number of rotatable bonds is 8. The van der Waals surface area contributed by atoms with Gasteiger partial charge >= 0.3 is 0 Å². The van der Waals surface area contributed by atoms with E-state index in [4.69, 9.17) is 0 Å². The Morgan fingerprint density at radius 2 is 1.94 bits per heavy atom. The van der Waals surface area contributed by atoms with Crippen LogP contribution in [-0.2, 0) is 0 Å². The Kier molecular flexibility index (Phi) is 7.92. The van der Waals surface area contributed by atoms with E-state index < -0.39 is 0 Å². The standard InChI is InChI=1S/C16H34N2/c1-5-12-17-13-8-10-15(3)18(4)16-11-7-6-9-14(16)2/h14-17H,5-13H2,1-4H3. The van der Waals surface area contributed by atoms with Crippen molar-refractivity contribution in [2.75, 3.05) is 20.1 Å². The smallest absolute Gasteiger partial charge is 0.0121 e. The molecule has 0 saturated heterocycles. The average Bonchev–Trinajstić information content (AvgIpc) is 2.38. The van der Waals surface area contributed by atoms with Crippen molar-refractivity contribution in [2.24, 2.45) is 5.92 Å². The Balaban J connectivity index is 2.20. The van der Waals surface area contributed by atoms with Crippen LogP contribution in [0.3, 0.4) is 0 Å². The molecule has 0 aliphatic heterocycles. The molecule has 2 heteroatoms. The molecule has 0 aromatic carbocycles. The lowest BCUT2D eigenvalue weighted by molar-refractivity contribution is 0.0986. The molecule has 3 unspecified atom stereocenters. The maximum Gasteiger partial charge on any atom is 0.0121 e. The summed E-state index contributed by atoms with van der Waals surface area (Å²) in [7, 11) is 2.34. The van der Waals surface area contributed by atoms with E-state index in [1.165, 1.54) is 58.0 Å². The van der Waals surface area contributed by atoms with Gasteiger partial charge in [-0.15, -0.1) is 0 Å². The second kappa shape index (κ2) is 8.92. The Hall–Kier alpha value is -0.0800. The molecule has 18 heavy (non-hydrogen) atoms. The quantitative estimate of drug-likeness (QED) is 0.665. The van der Waals surface area contributed by atoms with Crippen molar-refractivity contribution in [3.63, 3.8) is 0 Å². The molecule has 0 amide bonds. The molecule has 1 saturated carbocycles. The molecule has 1 fully saturated rings. The summed E-state index contributed by atoms with van der Waals surface area (Å²) in [5, 5.41) is 3.50. The Labute approximate surface area is 115 Å².